The topological polar surface area (TPSA) is 43.4 Å². The van der Waals surface area contributed by atoms with Crippen LogP contribution < -0.4 is 14.8 Å². The van der Waals surface area contributed by atoms with E-state index in [1.54, 1.807) is 14.2 Å². The zero-order chi connectivity index (χ0) is 14.8. The third kappa shape index (κ3) is 2.39. The van der Waals surface area contributed by atoms with Crippen molar-refractivity contribution in [3.05, 3.63) is 23.4 Å². The Morgan fingerprint density at radius 1 is 1.10 bits per heavy atom. The summed E-state index contributed by atoms with van der Waals surface area (Å²) in [6, 6.07) is 4.01. The summed E-state index contributed by atoms with van der Waals surface area (Å²) < 4.78 is 10.8. The molecule has 0 amide bonds. The first-order valence-corrected chi connectivity index (χ1v) is 7.59. The summed E-state index contributed by atoms with van der Waals surface area (Å²) in [5.74, 6) is 1.48. The molecule has 21 heavy (non-hydrogen) atoms. The first-order chi connectivity index (χ1) is 10.3. The van der Waals surface area contributed by atoms with Gasteiger partial charge in [0.15, 0.2) is 11.5 Å². The number of aryl methyl sites for hydroxylation is 1. The Bertz CT molecular complexity index is 662. The van der Waals surface area contributed by atoms with Gasteiger partial charge < -0.3 is 14.8 Å². The van der Waals surface area contributed by atoms with Crippen LogP contribution in [0.3, 0.4) is 0 Å². The van der Waals surface area contributed by atoms with Crippen LogP contribution in [0.4, 0.5) is 5.69 Å². The van der Waals surface area contributed by atoms with E-state index in [0.717, 1.165) is 41.8 Å². The number of hydrogen-bond donors (Lipinski definition) is 1. The summed E-state index contributed by atoms with van der Waals surface area (Å²) in [5, 5.41) is 4.65. The standard InChI is InChI=1S/C17H22N2O2/c1-4-18-17-11-7-5-6-8-13(11)19-14-10-16(21-3)15(20-2)9-12(14)17/h9-10H,4-8H2,1-3H3,(H,18,19). The van der Waals surface area contributed by atoms with Crippen molar-refractivity contribution < 1.29 is 9.47 Å². The van der Waals surface area contributed by atoms with Gasteiger partial charge in [0.05, 0.1) is 19.7 Å². The van der Waals surface area contributed by atoms with Crippen LogP contribution in [0.15, 0.2) is 12.1 Å². The second kappa shape index (κ2) is 5.80. The maximum Gasteiger partial charge on any atom is 0.162 e. The molecule has 1 aliphatic rings. The average molecular weight is 286 g/mol. The number of nitrogens with zero attached hydrogens (tertiary/aromatic N) is 1. The molecule has 1 aromatic heterocycles. The third-order valence-electron chi connectivity index (χ3n) is 4.12. The van der Waals surface area contributed by atoms with Crippen LogP contribution in [0, 0.1) is 0 Å². The fourth-order valence-electron chi connectivity index (χ4n) is 3.13. The lowest BCUT2D eigenvalue weighted by molar-refractivity contribution is 0.356. The third-order valence-corrected chi connectivity index (χ3v) is 4.12. The second-order valence-corrected chi connectivity index (χ2v) is 5.37. The molecule has 0 bridgehead atoms. The van der Waals surface area contributed by atoms with E-state index in [4.69, 9.17) is 14.5 Å². The summed E-state index contributed by atoms with van der Waals surface area (Å²) in [7, 11) is 3.33. The molecular weight excluding hydrogens is 264 g/mol. The number of fused-ring (bicyclic) bond motifs is 2. The molecule has 2 aromatic rings. The quantitative estimate of drug-likeness (QED) is 0.933. The molecule has 0 atom stereocenters. The monoisotopic (exact) mass is 286 g/mol. The number of ether oxygens (including phenoxy) is 2. The van der Waals surface area contributed by atoms with Gasteiger partial charge in [-0.15, -0.1) is 0 Å². The zero-order valence-corrected chi connectivity index (χ0v) is 13.0. The van der Waals surface area contributed by atoms with Gasteiger partial charge in [-0.3, -0.25) is 4.98 Å². The molecule has 112 valence electrons. The minimum atomic E-state index is 0.732. The number of pyridine rings is 1. The highest BCUT2D eigenvalue weighted by Gasteiger charge is 2.19. The van der Waals surface area contributed by atoms with Crippen LogP contribution in [-0.4, -0.2) is 25.7 Å². The van der Waals surface area contributed by atoms with Crippen molar-refractivity contribution in [1.82, 2.24) is 4.98 Å². The number of benzene rings is 1. The molecule has 1 aromatic carbocycles. The molecule has 1 heterocycles. The Morgan fingerprint density at radius 3 is 2.52 bits per heavy atom. The highest BCUT2D eigenvalue weighted by atomic mass is 16.5. The Kier molecular flexibility index (Phi) is 3.86. The van der Waals surface area contributed by atoms with Gasteiger partial charge in [-0.2, -0.15) is 0 Å². The van der Waals surface area contributed by atoms with Crippen molar-refractivity contribution in [3.63, 3.8) is 0 Å². The first kappa shape index (κ1) is 14.0. The van der Waals surface area contributed by atoms with Crippen LogP contribution in [0.25, 0.3) is 10.9 Å². The second-order valence-electron chi connectivity index (χ2n) is 5.37. The number of nitrogens with one attached hydrogen (secondary N) is 1. The van der Waals surface area contributed by atoms with Crippen molar-refractivity contribution in [1.29, 1.82) is 0 Å². The Morgan fingerprint density at radius 2 is 1.81 bits per heavy atom. The molecule has 0 spiro atoms. The number of rotatable bonds is 4. The molecule has 0 saturated heterocycles. The van der Waals surface area contributed by atoms with Crippen molar-refractivity contribution >= 4 is 16.6 Å². The molecule has 1 N–H and O–H groups in total. The molecule has 0 saturated carbocycles. The molecule has 4 heteroatoms. The SMILES string of the molecule is CCNc1c2c(nc3cc(OC)c(OC)cc13)CCCC2. The van der Waals surface area contributed by atoms with Crippen LogP contribution >= 0.6 is 0 Å². The van der Waals surface area contributed by atoms with Gasteiger partial charge in [0.25, 0.3) is 0 Å². The Balaban J connectivity index is 2.29. The van der Waals surface area contributed by atoms with E-state index in [1.165, 1.54) is 29.8 Å². The van der Waals surface area contributed by atoms with Gasteiger partial charge in [-0.1, -0.05) is 0 Å². The highest BCUT2D eigenvalue weighted by molar-refractivity contribution is 5.95. The predicted octanol–water partition coefficient (Wildman–Crippen LogP) is 3.56. The van der Waals surface area contributed by atoms with Gasteiger partial charge in [0, 0.05) is 29.4 Å². The fraction of sp³-hybridized carbons (Fsp3) is 0.471. The number of anilines is 1. The van der Waals surface area contributed by atoms with E-state index in [1.807, 2.05) is 12.1 Å². The lowest BCUT2D eigenvalue weighted by Crippen LogP contribution is -2.11. The summed E-state index contributed by atoms with van der Waals surface area (Å²) in [4.78, 5) is 4.87. The summed E-state index contributed by atoms with van der Waals surface area (Å²) in [6.45, 7) is 3.03. The summed E-state index contributed by atoms with van der Waals surface area (Å²) in [6.07, 6.45) is 4.64. The number of methoxy groups -OCH3 is 2. The number of aromatic nitrogens is 1. The smallest absolute Gasteiger partial charge is 0.162 e. The van der Waals surface area contributed by atoms with E-state index in [9.17, 15) is 0 Å². The first-order valence-electron chi connectivity index (χ1n) is 7.59. The van der Waals surface area contributed by atoms with Crippen molar-refractivity contribution in [3.8, 4) is 11.5 Å². The van der Waals surface area contributed by atoms with Crippen LogP contribution in [-0.2, 0) is 12.8 Å². The minimum absolute atomic E-state index is 0.732. The molecule has 4 nitrogen and oxygen atoms in total. The molecule has 0 radical (unpaired) electrons. The van der Waals surface area contributed by atoms with E-state index < -0.39 is 0 Å². The Hall–Kier alpha value is -1.97. The minimum Gasteiger partial charge on any atom is -0.493 e. The lowest BCUT2D eigenvalue weighted by atomic mass is 9.92. The average Bonchev–Trinajstić information content (AvgIpc) is 2.53. The van der Waals surface area contributed by atoms with Gasteiger partial charge in [-0.05, 0) is 44.2 Å². The van der Waals surface area contributed by atoms with Crippen LogP contribution in [0.5, 0.6) is 11.5 Å². The van der Waals surface area contributed by atoms with E-state index in [2.05, 4.69) is 12.2 Å². The fourth-order valence-corrected chi connectivity index (χ4v) is 3.13. The molecule has 0 fully saturated rings. The van der Waals surface area contributed by atoms with Crippen molar-refractivity contribution in [2.45, 2.75) is 32.6 Å². The number of hydrogen-bond acceptors (Lipinski definition) is 4. The molecule has 3 rings (SSSR count). The molecular formula is C17H22N2O2. The van der Waals surface area contributed by atoms with E-state index in [-0.39, 0.29) is 0 Å². The predicted molar refractivity (Wildman–Crippen MR) is 85.7 cm³/mol. The van der Waals surface area contributed by atoms with Gasteiger partial charge in [0.1, 0.15) is 0 Å². The van der Waals surface area contributed by atoms with Gasteiger partial charge in [-0.25, -0.2) is 0 Å². The molecule has 0 unspecified atom stereocenters. The Labute approximate surface area is 125 Å². The van der Waals surface area contributed by atoms with Crippen LogP contribution in [0.2, 0.25) is 0 Å². The molecule has 0 aliphatic heterocycles. The lowest BCUT2D eigenvalue weighted by Gasteiger charge is -2.22. The van der Waals surface area contributed by atoms with Gasteiger partial charge >= 0.3 is 0 Å². The van der Waals surface area contributed by atoms with E-state index in [0.29, 0.717) is 0 Å². The van der Waals surface area contributed by atoms with Crippen LogP contribution in [0.1, 0.15) is 31.0 Å². The largest absolute Gasteiger partial charge is 0.493 e. The zero-order valence-electron chi connectivity index (χ0n) is 13.0. The van der Waals surface area contributed by atoms with E-state index >= 15 is 0 Å². The molecule has 1 aliphatic carbocycles. The van der Waals surface area contributed by atoms with Crippen molar-refractivity contribution in [2.24, 2.45) is 0 Å². The summed E-state index contributed by atoms with van der Waals surface area (Å²) >= 11 is 0. The normalized spacial score (nSPS) is 13.9. The van der Waals surface area contributed by atoms with Crippen molar-refractivity contribution in [2.75, 3.05) is 26.1 Å². The highest BCUT2D eigenvalue weighted by Crippen LogP contribution is 2.38. The summed E-state index contributed by atoms with van der Waals surface area (Å²) in [5.41, 5.74) is 4.81. The van der Waals surface area contributed by atoms with Gasteiger partial charge in [0.2, 0.25) is 0 Å². The maximum absolute atomic E-state index is 5.44. The maximum atomic E-state index is 5.44.